The van der Waals surface area contributed by atoms with Crippen molar-refractivity contribution in [3.8, 4) is 22.7 Å². The lowest BCUT2D eigenvalue weighted by atomic mass is 10.2. The van der Waals surface area contributed by atoms with Crippen LogP contribution in [-0.4, -0.2) is 46.3 Å². The van der Waals surface area contributed by atoms with Gasteiger partial charge in [-0.25, -0.2) is 4.98 Å². The topological polar surface area (TPSA) is 81.1 Å². The van der Waals surface area contributed by atoms with Gasteiger partial charge in [-0.1, -0.05) is 12.0 Å². The first-order valence-electron chi connectivity index (χ1n) is 10.6. The minimum absolute atomic E-state index is 0.268. The Bertz CT molecular complexity index is 1430. The minimum atomic E-state index is -0.886. The van der Waals surface area contributed by atoms with E-state index >= 15 is 0 Å². The third-order valence-electron chi connectivity index (χ3n) is 4.90. The number of rotatable bonds is 5. The van der Waals surface area contributed by atoms with E-state index in [1.54, 1.807) is 25.4 Å². The number of hydrogen-bond acceptors (Lipinski definition) is 5. The molecule has 0 saturated heterocycles. The lowest BCUT2D eigenvalue weighted by Crippen LogP contribution is -2.18. The summed E-state index contributed by atoms with van der Waals surface area (Å²) in [4.78, 5) is 20.6. The predicted molar refractivity (Wildman–Crippen MR) is 140 cm³/mol. The van der Waals surface area contributed by atoms with Gasteiger partial charge in [0.25, 0.3) is 5.91 Å². The van der Waals surface area contributed by atoms with Crippen LogP contribution in [0.4, 0.5) is 11.6 Å². The highest BCUT2D eigenvalue weighted by atomic mass is 32.3. The van der Waals surface area contributed by atoms with Crippen LogP contribution in [0.15, 0.2) is 60.8 Å². The Balaban J connectivity index is 1.57. The fraction of sp³-hybridized carbons (Fsp3) is 0.192. The van der Waals surface area contributed by atoms with Gasteiger partial charge in [0.15, 0.2) is 0 Å². The van der Waals surface area contributed by atoms with Crippen molar-refractivity contribution >= 4 is 38.6 Å². The van der Waals surface area contributed by atoms with Crippen molar-refractivity contribution in [1.82, 2.24) is 19.9 Å². The van der Waals surface area contributed by atoms with Crippen molar-refractivity contribution in [1.29, 1.82) is 0 Å². The molecule has 0 saturated carbocycles. The monoisotopic (exact) mass is 473 g/mol. The predicted octanol–water partition coefficient (Wildman–Crippen LogP) is 4.87. The molecule has 0 radical (unpaired) electrons. The molecule has 8 heteroatoms. The van der Waals surface area contributed by atoms with Crippen molar-refractivity contribution < 1.29 is 9.53 Å². The average Bonchev–Trinajstić information content (AvgIpc) is 3.11. The summed E-state index contributed by atoms with van der Waals surface area (Å²) in [6.07, 6.45) is 8.07. The van der Waals surface area contributed by atoms with Crippen LogP contribution in [0.5, 0.6) is 11.5 Å². The fourth-order valence-electron chi connectivity index (χ4n) is 3.23. The number of hydrogen-bond donors (Lipinski definition) is 2. The first-order chi connectivity index (χ1) is 16.2. The zero-order valence-corrected chi connectivity index (χ0v) is 20.7. The van der Waals surface area contributed by atoms with Crippen molar-refractivity contribution in [2.45, 2.75) is 0 Å². The molecule has 2 aromatic heterocycles. The Labute approximate surface area is 200 Å². The summed E-state index contributed by atoms with van der Waals surface area (Å²) in [7, 11) is 2.64. The molecule has 2 N–H and O–H groups in total. The Hall–Kier alpha value is -3.96. The first kappa shape index (κ1) is 23.2. The summed E-state index contributed by atoms with van der Waals surface area (Å²) < 4.78 is 7.95. The maximum Gasteiger partial charge on any atom is 0.269 e. The molecule has 174 valence electrons. The quantitative estimate of drug-likeness (QED) is 0.404. The second-order valence-electron chi connectivity index (χ2n) is 8.47. The smallest absolute Gasteiger partial charge is 0.269 e. The normalized spacial score (nSPS) is 11.4. The van der Waals surface area contributed by atoms with E-state index in [2.05, 4.69) is 45.6 Å². The Kier molecular flexibility index (Phi) is 6.48. The molecule has 2 heterocycles. The van der Waals surface area contributed by atoms with E-state index in [4.69, 9.17) is 9.72 Å². The van der Waals surface area contributed by atoms with Crippen molar-refractivity contribution in [3.63, 3.8) is 0 Å². The molecule has 2 aromatic carbocycles. The molecular formula is C26H27N5O2S. The van der Waals surface area contributed by atoms with Gasteiger partial charge in [-0.3, -0.25) is 9.78 Å². The number of amides is 1. The number of benzene rings is 2. The van der Waals surface area contributed by atoms with Gasteiger partial charge in [-0.2, -0.15) is 10.0 Å². The maximum atomic E-state index is 11.8. The van der Waals surface area contributed by atoms with Gasteiger partial charge in [0, 0.05) is 43.7 Å². The van der Waals surface area contributed by atoms with Gasteiger partial charge in [0.1, 0.15) is 17.2 Å². The van der Waals surface area contributed by atoms with Crippen LogP contribution in [0, 0.1) is 11.2 Å². The zero-order valence-electron chi connectivity index (χ0n) is 19.8. The molecule has 0 aliphatic rings. The minimum Gasteiger partial charge on any atom is -0.457 e. The SMILES string of the molecule is CNC(=O)c1cc(Oc2ccc3c(c2)nc(Nc2cccc(C#CS(C)(C)C)c2)n3C)ccn1. The van der Waals surface area contributed by atoms with Crippen LogP contribution in [0.1, 0.15) is 16.1 Å². The van der Waals surface area contributed by atoms with Crippen molar-refractivity contribution in [2.75, 3.05) is 31.1 Å². The van der Waals surface area contributed by atoms with Gasteiger partial charge in [-0.15, -0.1) is 0 Å². The number of carbonyl (C=O) groups is 1. The lowest BCUT2D eigenvalue weighted by molar-refractivity contribution is 0.0958. The molecule has 7 nitrogen and oxygen atoms in total. The molecule has 0 bridgehead atoms. The number of nitrogens with one attached hydrogen (secondary N) is 2. The Morgan fingerprint density at radius 1 is 1.06 bits per heavy atom. The molecular weight excluding hydrogens is 446 g/mol. The number of anilines is 2. The summed E-state index contributed by atoms with van der Waals surface area (Å²) in [5.41, 5.74) is 3.93. The number of fused-ring (bicyclic) bond motifs is 1. The standard InChI is InChI=1S/C26H27N5O2S/c1-27-25(32)23-17-21(11-13-28-23)33-20-9-10-24-22(16-20)30-26(31(24)2)29-19-8-6-7-18(15-19)12-14-34(3,4)5/h6-11,13,15-17H,1-5H3,(H,27,32)(H,29,30). The number of ether oxygens (including phenoxy) is 1. The van der Waals surface area contributed by atoms with Gasteiger partial charge in [-0.05, 0) is 60.4 Å². The molecule has 0 aliphatic carbocycles. The van der Waals surface area contributed by atoms with Crippen LogP contribution in [-0.2, 0) is 7.05 Å². The van der Waals surface area contributed by atoms with Crippen molar-refractivity contribution in [2.24, 2.45) is 7.05 Å². The number of imidazole rings is 1. The first-order valence-corrected chi connectivity index (χ1v) is 13.5. The highest BCUT2D eigenvalue weighted by Gasteiger charge is 2.11. The van der Waals surface area contributed by atoms with E-state index in [0.29, 0.717) is 23.1 Å². The van der Waals surface area contributed by atoms with E-state index in [0.717, 1.165) is 22.3 Å². The zero-order chi connectivity index (χ0) is 24.3. The van der Waals surface area contributed by atoms with E-state index in [-0.39, 0.29) is 5.91 Å². The highest BCUT2D eigenvalue weighted by Crippen LogP contribution is 2.32. The van der Waals surface area contributed by atoms with Crippen LogP contribution in [0.3, 0.4) is 0 Å². The number of aryl methyl sites for hydroxylation is 1. The summed E-state index contributed by atoms with van der Waals surface area (Å²) in [5, 5.41) is 9.30. The second kappa shape index (κ2) is 9.49. The Morgan fingerprint density at radius 3 is 2.62 bits per heavy atom. The van der Waals surface area contributed by atoms with Gasteiger partial charge in [0.05, 0.1) is 11.0 Å². The summed E-state index contributed by atoms with van der Waals surface area (Å²) in [6.45, 7) is 0. The molecule has 1 amide bonds. The Morgan fingerprint density at radius 2 is 1.85 bits per heavy atom. The second-order valence-corrected chi connectivity index (χ2v) is 12.4. The molecule has 0 spiro atoms. The highest BCUT2D eigenvalue weighted by molar-refractivity contribution is 8.35. The van der Waals surface area contributed by atoms with Gasteiger partial charge < -0.3 is 19.9 Å². The number of nitrogens with zero attached hydrogens (tertiary/aromatic N) is 3. The van der Waals surface area contributed by atoms with Crippen LogP contribution in [0.2, 0.25) is 0 Å². The van der Waals surface area contributed by atoms with Gasteiger partial charge >= 0.3 is 0 Å². The summed E-state index contributed by atoms with van der Waals surface area (Å²) in [5.74, 6) is 4.86. The summed E-state index contributed by atoms with van der Waals surface area (Å²) >= 11 is 0. The van der Waals surface area contributed by atoms with E-state index in [1.807, 2.05) is 54.1 Å². The number of aromatic nitrogens is 3. The van der Waals surface area contributed by atoms with E-state index in [9.17, 15) is 4.79 Å². The third kappa shape index (κ3) is 5.50. The van der Waals surface area contributed by atoms with Gasteiger partial charge in [0.2, 0.25) is 5.95 Å². The number of pyridine rings is 1. The molecule has 0 aliphatic heterocycles. The number of carbonyl (C=O) groups excluding carboxylic acids is 1. The molecule has 0 unspecified atom stereocenters. The summed E-state index contributed by atoms with van der Waals surface area (Å²) in [6, 6.07) is 17.0. The lowest BCUT2D eigenvalue weighted by Gasteiger charge is -2.14. The molecule has 34 heavy (non-hydrogen) atoms. The van der Waals surface area contributed by atoms with Crippen molar-refractivity contribution in [3.05, 3.63) is 72.1 Å². The third-order valence-corrected chi connectivity index (χ3v) is 5.61. The van der Waals surface area contributed by atoms with E-state index in [1.165, 1.54) is 0 Å². The van der Waals surface area contributed by atoms with Crippen LogP contribution < -0.4 is 15.4 Å². The molecule has 0 atom stereocenters. The fourth-order valence-corrected chi connectivity index (χ4v) is 3.66. The average molecular weight is 474 g/mol. The van der Waals surface area contributed by atoms with E-state index < -0.39 is 10.0 Å². The van der Waals surface area contributed by atoms with Crippen LogP contribution >= 0.6 is 10.0 Å². The largest absolute Gasteiger partial charge is 0.457 e. The molecule has 0 fully saturated rings. The maximum absolute atomic E-state index is 11.8. The molecule has 4 rings (SSSR count). The van der Waals surface area contributed by atoms with Crippen LogP contribution in [0.25, 0.3) is 11.0 Å². The molecule has 4 aromatic rings.